The van der Waals surface area contributed by atoms with Crippen LogP contribution in [0, 0.1) is 0 Å². The van der Waals surface area contributed by atoms with Crippen molar-refractivity contribution in [1.82, 2.24) is 9.97 Å². The predicted octanol–water partition coefficient (Wildman–Crippen LogP) is 4.51. The second kappa shape index (κ2) is 11.3. The highest BCUT2D eigenvalue weighted by molar-refractivity contribution is 8.14. The molecule has 0 bridgehead atoms. The quantitative estimate of drug-likeness (QED) is 0.303. The Morgan fingerprint density at radius 3 is 2.53 bits per heavy atom. The van der Waals surface area contributed by atoms with Crippen LogP contribution in [0.2, 0.25) is 0 Å². The molecule has 184 valence electrons. The molecule has 36 heavy (non-hydrogen) atoms. The van der Waals surface area contributed by atoms with E-state index in [9.17, 15) is 18.0 Å². The maximum atomic E-state index is 12.9. The van der Waals surface area contributed by atoms with Crippen LogP contribution >= 0.6 is 11.8 Å². The fraction of sp³-hybridized carbons (Fsp3) is 0.154. The number of aromatic nitrogens is 2. The van der Waals surface area contributed by atoms with Crippen molar-refractivity contribution in [2.75, 3.05) is 17.1 Å². The van der Waals surface area contributed by atoms with Crippen LogP contribution < -0.4 is 9.46 Å². The molecule has 4 rings (SSSR count). The molecule has 2 aromatic heterocycles. The zero-order chi connectivity index (χ0) is 25.5. The number of benzene rings is 2. The number of nitrogens with zero attached hydrogens (tertiary/aromatic N) is 2. The summed E-state index contributed by atoms with van der Waals surface area (Å²) in [6, 6.07) is 20.9. The second-order valence-electron chi connectivity index (χ2n) is 7.83. The fourth-order valence-electron chi connectivity index (χ4n) is 3.32. The lowest BCUT2D eigenvalue weighted by Gasteiger charge is -2.10. The molecule has 0 aliphatic carbocycles. The Bertz CT molecular complexity index is 1490. The van der Waals surface area contributed by atoms with Crippen LogP contribution in [-0.4, -0.2) is 41.6 Å². The van der Waals surface area contributed by atoms with Crippen LogP contribution in [0.5, 0.6) is 5.88 Å². The number of hydrogen-bond acceptors (Lipinski definition) is 8. The topological polar surface area (TPSA) is 115 Å². The molecular weight excluding hydrogens is 498 g/mol. The van der Waals surface area contributed by atoms with Crippen molar-refractivity contribution < 1.29 is 22.7 Å². The minimum atomic E-state index is -3.92. The number of fused-ring (bicyclic) bond motifs is 1. The lowest BCUT2D eigenvalue weighted by molar-refractivity contribution is -0.109. The maximum Gasteiger partial charge on any atom is 0.263 e. The zero-order valence-electron chi connectivity index (χ0n) is 19.4. The molecular formula is C26H23N3O5S2. The smallest absolute Gasteiger partial charge is 0.263 e. The summed E-state index contributed by atoms with van der Waals surface area (Å²) >= 11 is 0.909. The highest BCUT2D eigenvalue weighted by Gasteiger charge is 2.17. The minimum Gasteiger partial charge on any atom is -0.477 e. The normalized spacial score (nSPS) is 11.2. The summed E-state index contributed by atoms with van der Waals surface area (Å²) in [5, 5.41) is 0.489. The van der Waals surface area contributed by atoms with Gasteiger partial charge in [0, 0.05) is 36.6 Å². The molecule has 0 aliphatic heterocycles. The molecule has 2 aromatic carbocycles. The first kappa shape index (κ1) is 25.3. The summed E-state index contributed by atoms with van der Waals surface area (Å²) in [5.74, 6) is 0.286. The van der Waals surface area contributed by atoms with E-state index >= 15 is 0 Å². The molecule has 4 aromatic rings. The van der Waals surface area contributed by atoms with Gasteiger partial charge in [-0.2, -0.15) is 0 Å². The van der Waals surface area contributed by atoms with Crippen molar-refractivity contribution >= 4 is 49.4 Å². The second-order valence-corrected chi connectivity index (χ2v) is 10.7. The number of hydrogen-bond donors (Lipinski definition) is 1. The number of thioether (sulfide) groups is 1. The van der Waals surface area contributed by atoms with Gasteiger partial charge in [-0.15, -0.1) is 0 Å². The maximum absolute atomic E-state index is 12.9. The van der Waals surface area contributed by atoms with Gasteiger partial charge in [-0.25, -0.2) is 18.4 Å². The van der Waals surface area contributed by atoms with Gasteiger partial charge in [0.1, 0.15) is 5.82 Å². The average molecular weight is 522 g/mol. The van der Waals surface area contributed by atoms with Gasteiger partial charge in [0.2, 0.25) is 5.88 Å². The zero-order valence-corrected chi connectivity index (χ0v) is 21.0. The van der Waals surface area contributed by atoms with Crippen molar-refractivity contribution in [3.8, 4) is 5.88 Å². The number of pyridine rings is 2. The van der Waals surface area contributed by atoms with Gasteiger partial charge >= 0.3 is 0 Å². The Labute approximate surface area is 213 Å². The standard InChI is InChI=1S/C26H23N3O5S2/c1-18(30)35-17-24(31)21-7-11-25(27-16-21)29-36(32,33)22-9-10-23-20(15-22)8-12-26(28-23)34-14-13-19-5-3-2-4-6-19/h2-12,15-16H,13-14,17H2,1H3,(H,27,29). The Kier molecular flexibility index (Phi) is 7.97. The number of Topliss-reactive ketones (excluding diaryl/α,β-unsaturated/α-hetero) is 1. The molecule has 0 saturated heterocycles. The van der Waals surface area contributed by atoms with E-state index in [1.807, 2.05) is 30.3 Å². The van der Waals surface area contributed by atoms with Gasteiger partial charge in [0.05, 0.1) is 22.8 Å². The SMILES string of the molecule is CC(=O)SCC(=O)c1ccc(NS(=O)(=O)c2ccc3nc(OCCc4ccccc4)ccc3c2)nc1. The van der Waals surface area contributed by atoms with Gasteiger partial charge in [-0.05, 0) is 42.0 Å². The molecule has 0 saturated carbocycles. The Morgan fingerprint density at radius 2 is 1.81 bits per heavy atom. The molecule has 10 heteroatoms. The summed E-state index contributed by atoms with van der Waals surface area (Å²) in [6.07, 6.45) is 2.04. The van der Waals surface area contributed by atoms with E-state index in [2.05, 4.69) is 14.7 Å². The number of nitrogens with one attached hydrogen (secondary N) is 1. The summed E-state index contributed by atoms with van der Waals surface area (Å²) in [5.41, 5.74) is 2.07. The minimum absolute atomic E-state index is 0.00694. The first-order valence-electron chi connectivity index (χ1n) is 11.0. The molecule has 0 radical (unpaired) electrons. The number of ether oxygens (including phenoxy) is 1. The van der Waals surface area contributed by atoms with Crippen LogP contribution in [0.3, 0.4) is 0 Å². The van der Waals surface area contributed by atoms with Crippen LogP contribution in [0.4, 0.5) is 5.82 Å². The van der Waals surface area contributed by atoms with Crippen LogP contribution in [0.1, 0.15) is 22.8 Å². The van der Waals surface area contributed by atoms with Gasteiger partial charge in [-0.1, -0.05) is 42.1 Å². The van der Waals surface area contributed by atoms with Crippen LogP contribution in [-0.2, 0) is 21.2 Å². The largest absolute Gasteiger partial charge is 0.477 e. The molecule has 2 heterocycles. The molecule has 1 N–H and O–H groups in total. The van der Waals surface area contributed by atoms with Crippen molar-refractivity contribution in [1.29, 1.82) is 0 Å². The number of ketones is 1. The van der Waals surface area contributed by atoms with Crippen molar-refractivity contribution in [2.45, 2.75) is 18.2 Å². The predicted molar refractivity (Wildman–Crippen MR) is 140 cm³/mol. The average Bonchev–Trinajstić information content (AvgIpc) is 2.87. The number of sulfonamides is 1. The van der Waals surface area contributed by atoms with Gasteiger partial charge in [0.15, 0.2) is 10.9 Å². The van der Waals surface area contributed by atoms with Gasteiger partial charge in [0.25, 0.3) is 10.0 Å². The fourth-order valence-corrected chi connectivity index (χ4v) is 4.86. The molecule has 0 amide bonds. The summed E-state index contributed by atoms with van der Waals surface area (Å²) < 4.78 is 33.9. The first-order valence-corrected chi connectivity index (χ1v) is 13.5. The lowest BCUT2D eigenvalue weighted by Crippen LogP contribution is -2.14. The number of carbonyl (C=O) groups excluding carboxylic acids is 2. The Morgan fingerprint density at radius 1 is 1.00 bits per heavy atom. The van der Waals surface area contributed by atoms with Gasteiger partial charge < -0.3 is 4.74 Å². The van der Waals surface area contributed by atoms with E-state index in [0.717, 1.165) is 18.2 Å². The van der Waals surface area contributed by atoms with Gasteiger partial charge in [-0.3, -0.25) is 14.3 Å². The van der Waals surface area contributed by atoms with E-state index in [1.54, 1.807) is 18.2 Å². The number of rotatable bonds is 10. The van der Waals surface area contributed by atoms with Crippen LogP contribution in [0.25, 0.3) is 10.9 Å². The Balaban J connectivity index is 1.41. The third kappa shape index (κ3) is 6.67. The van der Waals surface area contributed by atoms with E-state index in [4.69, 9.17) is 4.74 Å². The number of carbonyl (C=O) groups is 2. The molecule has 0 fully saturated rings. The molecule has 0 unspecified atom stereocenters. The molecule has 0 spiro atoms. The third-order valence-electron chi connectivity index (χ3n) is 5.16. The highest BCUT2D eigenvalue weighted by atomic mass is 32.2. The summed E-state index contributed by atoms with van der Waals surface area (Å²) in [7, 11) is -3.92. The molecule has 8 nitrogen and oxygen atoms in total. The number of anilines is 1. The monoisotopic (exact) mass is 521 g/mol. The first-order chi connectivity index (χ1) is 17.3. The van der Waals surface area contributed by atoms with Crippen molar-refractivity contribution in [2.24, 2.45) is 0 Å². The van der Waals surface area contributed by atoms with E-state index < -0.39 is 10.0 Å². The summed E-state index contributed by atoms with van der Waals surface area (Å²) in [4.78, 5) is 31.6. The molecule has 0 atom stereocenters. The van der Waals surface area contributed by atoms with E-state index in [0.29, 0.717) is 29.0 Å². The molecule has 0 aliphatic rings. The lowest BCUT2D eigenvalue weighted by atomic mass is 10.2. The van der Waals surface area contributed by atoms with Crippen molar-refractivity contribution in [3.63, 3.8) is 0 Å². The van der Waals surface area contributed by atoms with E-state index in [1.165, 1.54) is 42.9 Å². The highest BCUT2D eigenvalue weighted by Crippen LogP contribution is 2.22. The van der Waals surface area contributed by atoms with E-state index in [-0.39, 0.29) is 27.4 Å². The third-order valence-corrected chi connectivity index (χ3v) is 7.33. The summed E-state index contributed by atoms with van der Waals surface area (Å²) in [6.45, 7) is 1.86. The van der Waals surface area contributed by atoms with Crippen LogP contribution in [0.15, 0.2) is 83.9 Å². The Hall–Kier alpha value is -3.76. The van der Waals surface area contributed by atoms with Crippen molar-refractivity contribution in [3.05, 3.63) is 90.1 Å².